The average Bonchev–Trinajstić information content (AvgIpc) is 2.24. The smallest absolute Gasteiger partial charge is 0.328 e. The summed E-state index contributed by atoms with van der Waals surface area (Å²) in [6.45, 7) is 0.412. The fourth-order valence-electron chi connectivity index (χ4n) is 1.38. The standard InChI is InChI=1S/C10H13ClN2O4/c11-7-6-13(10(17)12-9(7)16)5-3-1-2-4-8(14)15/h6H,1-5H2,(H,14,15)(H,12,16,17). The van der Waals surface area contributed by atoms with Gasteiger partial charge in [-0.05, 0) is 12.8 Å². The van der Waals surface area contributed by atoms with Crippen LogP contribution in [0, 0.1) is 0 Å². The molecule has 0 aliphatic heterocycles. The molecule has 0 saturated heterocycles. The molecule has 1 heterocycles. The highest BCUT2D eigenvalue weighted by atomic mass is 35.5. The minimum atomic E-state index is -0.825. The van der Waals surface area contributed by atoms with Gasteiger partial charge in [-0.2, -0.15) is 0 Å². The van der Waals surface area contributed by atoms with Crippen molar-refractivity contribution in [2.75, 3.05) is 0 Å². The molecule has 0 saturated carbocycles. The third kappa shape index (κ3) is 4.44. The Bertz CT molecular complexity index is 506. The molecule has 1 aromatic heterocycles. The van der Waals surface area contributed by atoms with Crippen LogP contribution in [-0.4, -0.2) is 20.6 Å². The predicted molar refractivity (Wildman–Crippen MR) is 62.4 cm³/mol. The number of carbonyl (C=O) groups is 1. The van der Waals surface area contributed by atoms with E-state index in [1.165, 1.54) is 10.8 Å². The first-order valence-electron chi connectivity index (χ1n) is 5.22. The maximum atomic E-state index is 11.3. The number of aryl methyl sites for hydroxylation is 1. The minimum absolute atomic E-state index is 0.0323. The van der Waals surface area contributed by atoms with Crippen LogP contribution in [-0.2, 0) is 11.3 Å². The van der Waals surface area contributed by atoms with Gasteiger partial charge in [0.2, 0.25) is 0 Å². The van der Waals surface area contributed by atoms with Crippen molar-refractivity contribution in [2.45, 2.75) is 32.2 Å². The topological polar surface area (TPSA) is 92.2 Å². The lowest BCUT2D eigenvalue weighted by atomic mass is 10.2. The Labute approximate surface area is 102 Å². The number of unbranched alkanes of at least 4 members (excludes halogenated alkanes) is 2. The largest absolute Gasteiger partial charge is 0.481 e. The molecule has 2 N–H and O–H groups in total. The molecule has 0 aliphatic carbocycles. The number of rotatable bonds is 6. The summed E-state index contributed by atoms with van der Waals surface area (Å²) in [5, 5.41) is 8.40. The Morgan fingerprint density at radius 2 is 2.06 bits per heavy atom. The maximum Gasteiger partial charge on any atom is 0.328 e. The fourth-order valence-corrected chi connectivity index (χ4v) is 1.55. The van der Waals surface area contributed by atoms with Crippen LogP contribution in [0.4, 0.5) is 0 Å². The number of carboxylic acids is 1. The van der Waals surface area contributed by atoms with E-state index in [1.54, 1.807) is 0 Å². The van der Waals surface area contributed by atoms with Crippen molar-refractivity contribution in [2.24, 2.45) is 0 Å². The van der Waals surface area contributed by atoms with E-state index >= 15 is 0 Å². The van der Waals surface area contributed by atoms with Crippen molar-refractivity contribution in [3.63, 3.8) is 0 Å². The van der Waals surface area contributed by atoms with Gasteiger partial charge in [-0.1, -0.05) is 18.0 Å². The zero-order valence-corrected chi connectivity index (χ0v) is 9.87. The summed E-state index contributed by atoms with van der Waals surface area (Å²) >= 11 is 5.59. The molecule has 0 radical (unpaired) electrons. The zero-order chi connectivity index (χ0) is 12.8. The normalized spacial score (nSPS) is 10.4. The quantitative estimate of drug-likeness (QED) is 0.741. The SMILES string of the molecule is O=C(O)CCCCCn1cc(Cl)c(=O)[nH]c1=O. The number of halogens is 1. The lowest BCUT2D eigenvalue weighted by molar-refractivity contribution is -0.137. The fraction of sp³-hybridized carbons (Fsp3) is 0.500. The number of nitrogens with zero attached hydrogens (tertiary/aromatic N) is 1. The maximum absolute atomic E-state index is 11.3. The molecule has 0 aliphatic rings. The molecule has 0 amide bonds. The second-order valence-corrected chi connectivity index (χ2v) is 4.04. The van der Waals surface area contributed by atoms with Crippen molar-refractivity contribution in [3.05, 3.63) is 32.1 Å². The highest BCUT2D eigenvalue weighted by Crippen LogP contribution is 2.02. The number of hydrogen-bond donors (Lipinski definition) is 2. The van der Waals surface area contributed by atoms with Crippen LogP contribution in [0.15, 0.2) is 15.8 Å². The number of hydrogen-bond acceptors (Lipinski definition) is 3. The zero-order valence-electron chi connectivity index (χ0n) is 9.11. The minimum Gasteiger partial charge on any atom is -0.481 e. The molecule has 0 unspecified atom stereocenters. The van der Waals surface area contributed by atoms with E-state index in [4.69, 9.17) is 16.7 Å². The number of aliphatic carboxylic acids is 1. The third-order valence-corrected chi connectivity index (χ3v) is 2.53. The molecule has 0 bridgehead atoms. The third-order valence-electron chi connectivity index (χ3n) is 2.26. The van der Waals surface area contributed by atoms with E-state index in [0.29, 0.717) is 25.8 Å². The lowest BCUT2D eigenvalue weighted by Crippen LogP contribution is -2.29. The molecule has 94 valence electrons. The van der Waals surface area contributed by atoms with Gasteiger partial charge in [0.1, 0.15) is 5.02 Å². The summed E-state index contributed by atoms with van der Waals surface area (Å²) < 4.78 is 1.31. The van der Waals surface area contributed by atoms with Crippen LogP contribution in [0.3, 0.4) is 0 Å². The van der Waals surface area contributed by atoms with E-state index in [1.807, 2.05) is 0 Å². The van der Waals surface area contributed by atoms with Gasteiger partial charge in [-0.25, -0.2) is 4.79 Å². The van der Waals surface area contributed by atoms with Gasteiger partial charge in [0.25, 0.3) is 5.56 Å². The van der Waals surface area contributed by atoms with E-state index in [2.05, 4.69) is 4.98 Å². The van der Waals surface area contributed by atoms with Crippen LogP contribution in [0.25, 0.3) is 0 Å². The van der Waals surface area contributed by atoms with Crippen molar-refractivity contribution >= 4 is 17.6 Å². The van der Waals surface area contributed by atoms with Gasteiger partial charge in [0, 0.05) is 19.2 Å². The molecule has 0 spiro atoms. The molecule has 7 heteroatoms. The number of nitrogens with one attached hydrogen (secondary N) is 1. The first kappa shape index (κ1) is 13.5. The molecule has 1 rings (SSSR count). The molecule has 1 aromatic rings. The first-order chi connectivity index (χ1) is 8.00. The summed E-state index contributed by atoms with van der Waals surface area (Å²) in [7, 11) is 0. The highest BCUT2D eigenvalue weighted by molar-refractivity contribution is 6.30. The van der Waals surface area contributed by atoms with Gasteiger partial charge in [0.15, 0.2) is 0 Å². The molecular formula is C10H13ClN2O4. The monoisotopic (exact) mass is 260 g/mol. The van der Waals surface area contributed by atoms with Gasteiger partial charge in [0.05, 0.1) is 0 Å². The van der Waals surface area contributed by atoms with Gasteiger partial charge in [-0.15, -0.1) is 0 Å². The summed E-state index contributed by atoms with van der Waals surface area (Å²) in [4.78, 5) is 34.6. The Morgan fingerprint density at radius 3 is 2.71 bits per heavy atom. The van der Waals surface area contributed by atoms with E-state index < -0.39 is 17.2 Å². The summed E-state index contributed by atoms with van der Waals surface area (Å²) in [6.07, 6.45) is 3.35. The van der Waals surface area contributed by atoms with Gasteiger partial charge < -0.3 is 5.11 Å². The number of carboxylic acid groups (broad SMARTS) is 1. The number of H-pyrrole nitrogens is 1. The van der Waals surface area contributed by atoms with Crippen molar-refractivity contribution in [3.8, 4) is 0 Å². The summed E-state index contributed by atoms with van der Waals surface area (Å²) in [5.41, 5.74) is -1.10. The van der Waals surface area contributed by atoms with E-state index in [0.717, 1.165) is 0 Å². The Morgan fingerprint density at radius 1 is 1.35 bits per heavy atom. The van der Waals surface area contributed by atoms with Crippen LogP contribution in [0.1, 0.15) is 25.7 Å². The van der Waals surface area contributed by atoms with Crippen molar-refractivity contribution in [1.29, 1.82) is 0 Å². The average molecular weight is 261 g/mol. The molecule has 0 atom stereocenters. The predicted octanol–water partition coefficient (Wildman–Crippen LogP) is 0.835. The molecule has 0 aromatic carbocycles. The highest BCUT2D eigenvalue weighted by Gasteiger charge is 2.02. The summed E-state index contributed by atoms with van der Waals surface area (Å²) in [5.74, 6) is -0.825. The van der Waals surface area contributed by atoms with Gasteiger partial charge in [-0.3, -0.25) is 19.1 Å². The number of aromatic amines is 1. The van der Waals surface area contributed by atoms with E-state index in [-0.39, 0.29) is 11.4 Å². The van der Waals surface area contributed by atoms with E-state index in [9.17, 15) is 14.4 Å². The van der Waals surface area contributed by atoms with Crippen LogP contribution in [0.2, 0.25) is 5.02 Å². The van der Waals surface area contributed by atoms with Crippen molar-refractivity contribution < 1.29 is 9.90 Å². The number of aromatic nitrogens is 2. The second-order valence-electron chi connectivity index (χ2n) is 3.63. The molecule has 0 fully saturated rings. The molecule has 6 nitrogen and oxygen atoms in total. The van der Waals surface area contributed by atoms with Gasteiger partial charge >= 0.3 is 11.7 Å². The Kier molecular flexibility index (Phi) is 4.96. The first-order valence-corrected chi connectivity index (χ1v) is 5.59. The van der Waals surface area contributed by atoms with Crippen LogP contribution in [0.5, 0.6) is 0 Å². The second kappa shape index (κ2) is 6.24. The van der Waals surface area contributed by atoms with Crippen LogP contribution >= 0.6 is 11.6 Å². The Hall–Kier alpha value is -1.56. The summed E-state index contributed by atoms with van der Waals surface area (Å²) in [6, 6.07) is 0. The van der Waals surface area contributed by atoms with Crippen LogP contribution < -0.4 is 11.2 Å². The lowest BCUT2D eigenvalue weighted by Gasteiger charge is -2.04. The molecule has 17 heavy (non-hydrogen) atoms. The Balaban J connectivity index is 2.47. The van der Waals surface area contributed by atoms with Crippen molar-refractivity contribution in [1.82, 2.24) is 9.55 Å². The molecular weight excluding hydrogens is 248 g/mol.